The van der Waals surface area contributed by atoms with Crippen LogP contribution in [0.4, 0.5) is 0 Å². The molecule has 0 saturated carbocycles. The Labute approximate surface area is 534 Å². The summed E-state index contributed by atoms with van der Waals surface area (Å²) in [5.74, 6) is -12.4. The van der Waals surface area contributed by atoms with Crippen LogP contribution >= 0.6 is 0 Å². The van der Waals surface area contributed by atoms with Crippen LogP contribution in [0.3, 0.4) is 0 Å². The topological polar surface area (TPSA) is 537 Å². The van der Waals surface area contributed by atoms with Crippen LogP contribution in [0, 0.1) is 0 Å². The highest BCUT2D eigenvalue weighted by Crippen LogP contribution is 2.11. The van der Waals surface area contributed by atoms with E-state index in [2.05, 4.69) is 63.2 Å². The average Bonchev–Trinajstić information content (AvgIpc) is 1.27. The SMILES string of the molecule is CCCCCC(=O)N[C@@H](CCCN=C(N)N)C(=O)NCC(=O)N[C@@H](CC(=O)O)C(=O)N[C@@H](Cc1ccccc1)C(=O)NCCCC[C@H](NC(=O)[C@H](Cc1ccccc1)NC(=O)[C@H](CC(=O)O)NC(=O)CNC(=O)[C@H](CCCN=C(N)N)NC(=O)CCCCC)C(N)=O. The van der Waals surface area contributed by atoms with Crippen LogP contribution in [-0.4, -0.2) is 174 Å². The van der Waals surface area contributed by atoms with Gasteiger partial charge < -0.3 is 92.0 Å². The molecule has 92 heavy (non-hydrogen) atoms. The molecule has 7 atom stereocenters. The first-order chi connectivity index (χ1) is 43.8. The number of rotatable bonds is 47. The van der Waals surface area contributed by atoms with Gasteiger partial charge in [0.25, 0.3) is 0 Å². The van der Waals surface area contributed by atoms with E-state index in [0.717, 1.165) is 25.7 Å². The van der Waals surface area contributed by atoms with Crippen LogP contribution in [0.1, 0.15) is 134 Å². The third-order valence-corrected chi connectivity index (χ3v) is 13.8. The Bertz CT molecular complexity index is 2800. The van der Waals surface area contributed by atoms with Crippen molar-refractivity contribution in [2.45, 2.75) is 178 Å². The second-order valence-corrected chi connectivity index (χ2v) is 21.7. The fraction of sp³-hybridized carbons (Fsp3) is 0.550. The number of nitrogens with zero attached hydrogens (tertiary/aromatic N) is 2. The van der Waals surface area contributed by atoms with E-state index in [4.69, 9.17) is 28.7 Å². The minimum atomic E-state index is -1.79. The molecule has 2 rings (SSSR count). The van der Waals surface area contributed by atoms with Gasteiger partial charge in [0.1, 0.15) is 42.3 Å². The Kier molecular flexibility index (Phi) is 37.8. The van der Waals surface area contributed by atoms with Gasteiger partial charge in [0.2, 0.25) is 65.0 Å². The number of carboxylic acid groups (broad SMARTS) is 2. The molecule has 0 aliphatic heterocycles. The molecule has 0 saturated heterocycles. The summed E-state index contributed by atoms with van der Waals surface area (Å²) >= 11 is 0. The number of aliphatic imine (C=N–C) groups is 2. The molecule has 0 aromatic heterocycles. The molecule has 0 fully saturated rings. The number of carbonyl (C=O) groups excluding carboxylic acids is 11. The van der Waals surface area contributed by atoms with Gasteiger partial charge in [-0.2, -0.15) is 0 Å². The normalized spacial score (nSPS) is 13.0. The van der Waals surface area contributed by atoms with Crippen molar-refractivity contribution in [1.82, 2.24) is 53.2 Å². The van der Waals surface area contributed by atoms with E-state index in [1.165, 1.54) is 0 Å². The van der Waals surface area contributed by atoms with Gasteiger partial charge in [-0.05, 0) is 68.9 Å². The third kappa shape index (κ3) is 34.7. The first-order valence-electron chi connectivity index (χ1n) is 30.6. The zero-order valence-electron chi connectivity index (χ0n) is 52.3. The van der Waals surface area contributed by atoms with Gasteiger partial charge in [-0.15, -0.1) is 0 Å². The molecule has 0 radical (unpaired) electrons. The van der Waals surface area contributed by atoms with Gasteiger partial charge in [0.05, 0.1) is 25.9 Å². The van der Waals surface area contributed by atoms with E-state index in [-0.39, 0.29) is 102 Å². The Morgan fingerprint density at radius 2 is 0.750 bits per heavy atom. The van der Waals surface area contributed by atoms with Crippen molar-refractivity contribution < 1.29 is 72.5 Å². The predicted molar refractivity (Wildman–Crippen MR) is 338 cm³/mol. The first-order valence-corrected chi connectivity index (χ1v) is 30.6. The molecule has 508 valence electrons. The van der Waals surface area contributed by atoms with E-state index in [1.54, 1.807) is 60.7 Å². The molecule has 0 aliphatic rings. The minimum Gasteiger partial charge on any atom is -0.481 e. The summed E-state index contributed by atoms with van der Waals surface area (Å²) < 4.78 is 0. The number of hydrogen-bond donors (Lipinski definition) is 17. The molecule has 2 aromatic carbocycles. The number of carboxylic acids is 2. The molecule has 11 amide bonds. The van der Waals surface area contributed by atoms with Crippen molar-refractivity contribution in [1.29, 1.82) is 0 Å². The maximum absolute atomic E-state index is 14.0. The van der Waals surface area contributed by atoms with Crippen molar-refractivity contribution in [3.05, 3.63) is 71.8 Å². The molecule has 2 aromatic rings. The highest BCUT2D eigenvalue weighted by Gasteiger charge is 2.33. The number of aliphatic carboxylic acids is 2. The number of nitrogens with one attached hydrogen (secondary N) is 10. The molecule has 0 heterocycles. The Balaban J connectivity index is 2.18. The standard InChI is InChI=1S/C60H93N17O15/c1-3-5-9-26-46(78)71-40(24-17-29-67-59(62)63)53(87)69-35-48(80)73-44(33-50(82)83)57(91)76-42(31-37-19-11-7-12-20-37)55(89)66-28-16-15-23-39(52(61)86)75-56(90)43(32-38-21-13-8-14-22-38)77-58(92)45(34-51(84)85)74-49(81)36-70-54(88)41(25-18-30-68-60(64)65)72-47(79)27-10-6-4-2/h7-8,11-14,19-22,39-45H,3-6,9-10,15-18,23-36H2,1-2H3,(H2,61,86)(H,66,89)(H,69,87)(H,70,88)(H,71,78)(H,72,79)(H,73,80)(H,74,81)(H,75,90)(H,76,91)(H,77,92)(H,82,83)(H,84,85)(H4,62,63,67)(H4,64,65,68)/t39-,40-,41-,42-,43-,44-,45-/m0/s1. The van der Waals surface area contributed by atoms with Crippen molar-refractivity contribution in [3.63, 3.8) is 0 Å². The minimum absolute atomic E-state index is 0.0626. The second-order valence-electron chi connectivity index (χ2n) is 21.7. The molecule has 0 unspecified atom stereocenters. The van der Waals surface area contributed by atoms with Crippen LogP contribution in [0.2, 0.25) is 0 Å². The molecule has 22 N–H and O–H groups in total. The molecular formula is C60H93N17O15. The molecular weight excluding hydrogens is 1200 g/mol. The van der Waals surface area contributed by atoms with Gasteiger partial charge >= 0.3 is 11.9 Å². The van der Waals surface area contributed by atoms with E-state index in [0.29, 0.717) is 24.0 Å². The lowest BCUT2D eigenvalue weighted by atomic mass is 10.0. The van der Waals surface area contributed by atoms with Crippen molar-refractivity contribution in [2.24, 2.45) is 38.7 Å². The van der Waals surface area contributed by atoms with Crippen LogP contribution in [0.15, 0.2) is 70.6 Å². The van der Waals surface area contributed by atoms with Gasteiger partial charge in [0.15, 0.2) is 11.9 Å². The monoisotopic (exact) mass is 1290 g/mol. The number of benzene rings is 2. The summed E-state index contributed by atoms with van der Waals surface area (Å²) in [6, 6.07) is 6.84. The fourth-order valence-electron chi connectivity index (χ4n) is 9.02. The highest BCUT2D eigenvalue weighted by atomic mass is 16.4. The number of nitrogens with two attached hydrogens (primary N) is 5. The van der Waals surface area contributed by atoms with E-state index in [1.807, 2.05) is 13.8 Å². The summed E-state index contributed by atoms with van der Waals surface area (Å²) in [5.41, 5.74) is 28.4. The van der Waals surface area contributed by atoms with Crippen LogP contribution in [-0.2, 0) is 75.2 Å². The quantitative estimate of drug-likeness (QED) is 0.0179. The van der Waals surface area contributed by atoms with Gasteiger partial charge in [-0.3, -0.25) is 72.3 Å². The lowest BCUT2D eigenvalue weighted by Crippen LogP contribution is -2.58. The third-order valence-electron chi connectivity index (χ3n) is 13.8. The van der Waals surface area contributed by atoms with Gasteiger partial charge in [-0.1, -0.05) is 100 Å². The number of primary amides is 1. The molecule has 0 spiro atoms. The van der Waals surface area contributed by atoms with Crippen molar-refractivity contribution in [2.75, 3.05) is 32.7 Å². The number of hydrogen-bond acceptors (Lipinski definition) is 15. The molecule has 0 bridgehead atoms. The number of guanidine groups is 2. The van der Waals surface area contributed by atoms with Gasteiger partial charge in [-0.25, -0.2) is 0 Å². The summed E-state index contributed by atoms with van der Waals surface area (Å²) in [6.07, 6.45) is 3.53. The fourth-order valence-corrected chi connectivity index (χ4v) is 9.02. The van der Waals surface area contributed by atoms with E-state index < -0.39 is 145 Å². The van der Waals surface area contributed by atoms with Crippen molar-refractivity contribution >= 4 is 88.8 Å². The van der Waals surface area contributed by atoms with Crippen LogP contribution in [0.5, 0.6) is 0 Å². The number of unbranched alkanes of at least 4 members (excludes halogenated alkanes) is 5. The zero-order valence-corrected chi connectivity index (χ0v) is 52.3. The maximum Gasteiger partial charge on any atom is 0.305 e. The molecule has 32 heteroatoms. The average molecular weight is 1290 g/mol. The Morgan fingerprint density at radius 3 is 1.13 bits per heavy atom. The summed E-state index contributed by atoms with van der Waals surface area (Å²) in [7, 11) is 0. The number of carbonyl (C=O) groups is 13. The summed E-state index contributed by atoms with van der Waals surface area (Å²) in [6.45, 7) is 2.68. The van der Waals surface area contributed by atoms with E-state index in [9.17, 15) is 72.5 Å². The Morgan fingerprint density at radius 1 is 0.391 bits per heavy atom. The van der Waals surface area contributed by atoms with Gasteiger partial charge in [0, 0.05) is 45.3 Å². The van der Waals surface area contributed by atoms with Crippen LogP contribution < -0.4 is 81.8 Å². The first kappa shape index (κ1) is 78.2. The zero-order chi connectivity index (χ0) is 68.4. The second kappa shape index (κ2) is 44.5. The number of amides is 11. The van der Waals surface area contributed by atoms with Crippen molar-refractivity contribution in [3.8, 4) is 0 Å². The lowest BCUT2D eigenvalue weighted by Gasteiger charge is -2.25. The smallest absolute Gasteiger partial charge is 0.305 e. The molecule has 32 nitrogen and oxygen atoms in total. The largest absolute Gasteiger partial charge is 0.481 e. The Hall–Kier alpha value is -9.91. The highest BCUT2D eigenvalue weighted by molar-refractivity contribution is 5.98. The summed E-state index contributed by atoms with van der Waals surface area (Å²) in [5, 5.41) is 44.3. The lowest BCUT2D eigenvalue weighted by molar-refractivity contribution is -0.141. The van der Waals surface area contributed by atoms with E-state index >= 15 is 0 Å². The van der Waals surface area contributed by atoms with Crippen LogP contribution in [0.25, 0.3) is 0 Å². The summed E-state index contributed by atoms with van der Waals surface area (Å²) in [4.78, 5) is 178. The predicted octanol–water partition coefficient (Wildman–Crippen LogP) is -2.91. The molecule has 0 aliphatic carbocycles. The maximum atomic E-state index is 14.0.